The topological polar surface area (TPSA) is 111 Å². The number of ether oxygens (including phenoxy) is 1. The number of aliphatic hydroxyl groups is 2. The maximum absolute atomic E-state index is 13.5. The number of aliphatic hydroxyl groups excluding tert-OH is 2. The summed E-state index contributed by atoms with van der Waals surface area (Å²) in [5.41, 5.74) is 4.30. The summed E-state index contributed by atoms with van der Waals surface area (Å²) in [6, 6.07) is 0. The van der Waals surface area contributed by atoms with Gasteiger partial charge in [-0.2, -0.15) is 4.98 Å². The first kappa shape index (κ1) is 15.7. The normalized spacial score (nSPS) is 31.8. The molecule has 4 N–H and O–H groups in total. The van der Waals surface area contributed by atoms with Crippen molar-refractivity contribution in [1.29, 1.82) is 0 Å². The Morgan fingerprint density at radius 3 is 2.95 bits per heavy atom. The van der Waals surface area contributed by atoms with Crippen molar-refractivity contribution in [2.75, 3.05) is 12.3 Å². The highest BCUT2D eigenvalue weighted by molar-refractivity contribution is 6.27. The van der Waals surface area contributed by atoms with Crippen LogP contribution in [-0.4, -0.2) is 43.5 Å². The number of alkyl halides is 1. The highest BCUT2D eigenvalue weighted by atomic mass is 35.5. The van der Waals surface area contributed by atoms with Crippen molar-refractivity contribution in [3.8, 4) is 11.8 Å². The first-order valence-corrected chi connectivity index (χ1v) is 6.34. The Balaban J connectivity index is 2.58. The minimum absolute atomic E-state index is 0.544. The Bertz CT molecular complexity index is 671. The van der Waals surface area contributed by atoms with Crippen LogP contribution in [0.15, 0.2) is 11.0 Å². The molecule has 0 radical (unpaired) electrons. The summed E-state index contributed by atoms with van der Waals surface area (Å²) < 4.78 is 19.6. The Morgan fingerprint density at radius 2 is 2.38 bits per heavy atom. The van der Waals surface area contributed by atoms with Gasteiger partial charge in [0.1, 0.15) is 12.2 Å². The number of nitrogen functional groups attached to an aromatic ring is 1. The van der Waals surface area contributed by atoms with E-state index in [1.165, 1.54) is 6.92 Å². The second kappa shape index (κ2) is 5.61. The van der Waals surface area contributed by atoms with Crippen LogP contribution in [0, 0.1) is 17.7 Å². The third kappa shape index (κ3) is 2.49. The third-order valence-corrected chi connectivity index (χ3v) is 3.63. The summed E-state index contributed by atoms with van der Waals surface area (Å²) in [4.78, 5) is 13.4. The second-order valence-corrected chi connectivity index (χ2v) is 5.09. The van der Waals surface area contributed by atoms with Gasteiger partial charge < -0.3 is 20.7 Å². The first-order chi connectivity index (χ1) is 9.85. The molecule has 1 unspecified atom stereocenters. The summed E-state index contributed by atoms with van der Waals surface area (Å²) in [6.45, 7) is 0.932. The van der Waals surface area contributed by atoms with Crippen molar-refractivity contribution in [3.05, 3.63) is 22.5 Å². The lowest BCUT2D eigenvalue weighted by molar-refractivity contribution is -0.0467. The van der Waals surface area contributed by atoms with Crippen LogP contribution in [0.1, 0.15) is 13.2 Å². The van der Waals surface area contributed by atoms with Gasteiger partial charge in [-0.1, -0.05) is 17.5 Å². The van der Waals surface area contributed by atoms with Gasteiger partial charge in [0, 0.05) is 0 Å². The van der Waals surface area contributed by atoms with Crippen LogP contribution >= 0.6 is 11.6 Å². The zero-order valence-corrected chi connectivity index (χ0v) is 11.7. The van der Waals surface area contributed by atoms with E-state index in [1.54, 1.807) is 0 Å². The Labute approximate surface area is 124 Å². The number of rotatable bonds is 2. The SMILES string of the molecule is CC#C[C@@]1(Cl)C(O)[C@@H](CO)O[C@H]1n1cc(F)c(N)nc1=O. The van der Waals surface area contributed by atoms with E-state index < -0.39 is 47.2 Å². The Morgan fingerprint density at radius 1 is 1.71 bits per heavy atom. The van der Waals surface area contributed by atoms with Crippen molar-refractivity contribution in [2.45, 2.75) is 30.2 Å². The van der Waals surface area contributed by atoms with Crippen molar-refractivity contribution < 1.29 is 19.3 Å². The molecule has 1 aliphatic rings. The average molecular weight is 318 g/mol. The maximum atomic E-state index is 13.5. The molecule has 0 aromatic carbocycles. The number of halogens is 2. The highest BCUT2D eigenvalue weighted by Gasteiger charge is 2.55. The molecule has 1 saturated heterocycles. The molecule has 114 valence electrons. The number of hydrogen-bond acceptors (Lipinski definition) is 6. The van der Waals surface area contributed by atoms with Crippen molar-refractivity contribution in [3.63, 3.8) is 0 Å². The van der Waals surface area contributed by atoms with E-state index in [2.05, 4.69) is 16.8 Å². The average Bonchev–Trinajstić information content (AvgIpc) is 2.67. The fourth-order valence-corrected chi connectivity index (χ4v) is 2.51. The number of nitrogens with two attached hydrogens (primary N) is 1. The van der Waals surface area contributed by atoms with Gasteiger partial charge >= 0.3 is 5.69 Å². The monoisotopic (exact) mass is 317 g/mol. The van der Waals surface area contributed by atoms with Crippen LogP contribution in [-0.2, 0) is 4.74 Å². The van der Waals surface area contributed by atoms with Crippen molar-refractivity contribution in [1.82, 2.24) is 9.55 Å². The molecule has 1 aromatic rings. The van der Waals surface area contributed by atoms with Crippen LogP contribution in [0.25, 0.3) is 0 Å². The second-order valence-electron chi connectivity index (χ2n) is 4.46. The quantitative estimate of drug-likeness (QED) is 0.487. The molecule has 21 heavy (non-hydrogen) atoms. The van der Waals surface area contributed by atoms with Crippen LogP contribution in [0.2, 0.25) is 0 Å². The summed E-state index contributed by atoms with van der Waals surface area (Å²) in [6.07, 6.45) is -3.00. The predicted octanol–water partition coefficient (Wildman–Crippen LogP) is -0.784. The number of aromatic nitrogens is 2. The van der Waals surface area contributed by atoms with Crippen molar-refractivity contribution in [2.24, 2.45) is 0 Å². The fourth-order valence-electron chi connectivity index (χ4n) is 2.12. The van der Waals surface area contributed by atoms with E-state index in [0.29, 0.717) is 0 Å². The lowest BCUT2D eigenvalue weighted by Crippen LogP contribution is -2.43. The zero-order chi connectivity index (χ0) is 15.8. The molecule has 0 spiro atoms. The van der Waals surface area contributed by atoms with Gasteiger partial charge in [0.2, 0.25) is 0 Å². The van der Waals surface area contributed by atoms with Gasteiger partial charge in [0.25, 0.3) is 0 Å². The van der Waals surface area contributed by atoms with Crippen LogP contribution in [0.5, 0.6) is 0 Å². The molecule has 9 heteroatoms. The van der Waals surface area contributed by atoms with Gasteiger partial charge in [-0.05, 0) is 6.92 Å². The van der Waals surface area contributed by atoms with Gasteiger partial charge in [-0.15, -0.1) is 5.92 Å². The van der Waals surface area contributed by atoms with Crippen LogP contribution < -0.4 is 11.4 Å². The molecular weight excluding hydrogens is 305 g/mol. The highest BCUT2D eigenvalue weighted by Crippen LogP contribution is 2.42. The molecule has 1 aliphatic heterocycles. The predicted molar refractivity (Wildman–Crippen MR) is 71.9 cm³/mol. The number of anilines is 1. The van der Waals surface area contributed by atoms with E-state index in [0.717, 1.165) is 10.8 Å². The third-order valence-electron chi connectivity index (χ3n) is 3.13. The van der Waals surface area contributed by atoms with Gasteiger partial charge in [0.15, 0.2) is 22.7 Å². The zero-order valence-electron chi connectivity index (χ0n) is 11.0. The standard InChI is InChI=1S/C12H13ClFN3O4/c1-2-3-12(13)8(19)7(5-18)21-10(12)17-4-6(14)9(15)16-11(17)20/h4,7-8,10,18-19H,5H2,1H3,(H2,15,16,20)/t7-,8?,10-,12-/m1/s1. The van der Waals surface area contributed by atoms with E-state index >= 15 is 0 Å². The molecule has 0 aliphatic carbocycles. The fraction of sp³-hybridized carbons (Fsp3) is 0.500. The van der Waals surface area contributed by atoms with E-state index in [9.17, 15) is 19.4 Å². The van der Waals surface area contributed by atoms with E-state index in [1.807, 2.05) is 0 Å². The molecule has 7 nitrogen and oxygen atoms in total. The van der Waals surface area contributed by atoms with Crippen LogP contribution in [0.4, 0.5) is 10.2 Å². The molecule has 1 fully saturated rings. The molecule has 0 saturated carbocycles. The number of hydrogen-bond donors (Lipinski definition) is 3. The number of nitrogens with zero attached hydrogens (tertiary/aromatic N) is 2. The van der Waals surface area contributed by atoms with Crippen molar-refractivity contribution >= 4 is 17.4 Å². The Hall–Kier alpha value is -1.66. The molecule has 2 rings (SSSR count). The van der Waals surface area contributed by atoms with E-state index in [-0.39, 0.29) is 0 Å². The molecule has 0 bridgehead atoms. The first-order valence-electron chi connectivity index (χ1n) is 5.96. The summed E-state index contributed by atoms with van der Waals surface area (Å²) in [5.74, 6) is 3.54. The molecule has 2 heterocycles. The summed E-state index contributed by atoms with van der Waals surface area (Å²) >= 11 is 6.26. The lowest BCUT2D eigenvalue weighted by atomic mass is 9.99. The van der Waals surface area contributed by atoms with Gasteiger partial charge in [-0.3, -0.25) is 4.57 Å². The summed E-state index contributed by atoms with van der Waals surface area (Å²) in [5, 5.41) is 19.3. The minimum atomic E-state index is -1.73. The molecular formula is C12H13ClFN3O4. The molecule has 0 amide bonds. The Kier molecular flexibility index (Phi) is 4.20. The van der Waals surface area contributed by atoms with E-state index in [4.69, 9.17) is 22.1 Å². The molecule has 4 atom stereocenters. The van der Waals surface area contributed by atoms with Crippen LogP contribution in [0.3, 0.4) is 0 Å². The lowest BCUT2D eigenvalue weighted by Gasteiger charge is -2.25. The summed E-state index contributed by atoms with van der Waals surface area (Å²) in [7, 11) is 0. The smallest absolute Gasteiger partial charge is 0.351 e. The molecule has 1 aromatic heterocycles. The maximum Gasteiger partial charge on any atom is 0.351 e. The minimum Gasteiger partial charge on any atom is -0.394 e. The largest absolute Gasteiger partial charge is 0.394 e. The van der Waals surface area contributed by atoms with Gasteiger partial charge in [-0.25, -0.2) is 9.18 Å². The van der Waals surface area contributed by atoms with Gasteiger partial charge in [0.05, 0.1) is 12.8 Å².